The maximum atomic E-state index is 13.3. The molecule has 0 saturated carbocycles. The molecule has 3 aromatic carbocycles. The van der Waals surface area contributed by atoms with Crippen LogP contribution < -0.4 is 9.73 Å². The summed E-state index contributed by atoms with van der Waals surface area (Å²) in [5.74, 6) is -0.657. The van der Waals surface area contributed by atoms with Gasteiger partial charge in [0.25, 0.3) is 21.6 Å². The third-order valence-electron chi connectivity index (χ3n) is 4.56. The van der Waals surface area contributed by atoms with Crippen molar-refractivity contribution in [3.05, 3.63) is 99.0 Å². The maximum absolute atomic E-state index is 13.3. The van der Waals surface area contributed by atoms with E-state index in [2.05, 4.69) is 26.5 Å². The Hall–Kier alpha value is -3.57. The van der Waals surface area contributed by atoms with Crippen LogP contribution in [0.3, 0.4) is 0 Å². The number of non-ortho nitro benzene ring substituents is 1. The van der Waals surface area contributed by atoms with E-state index in [1.807, 2.05) is 0 Å². The third-order valence-corrected chi connectivity index (χ3v) is 6.84. The van der Waals surface area contributed by atoms with Gasteiger partial charge in [-0.3, -0.25) is 19.2 Å². The number of hydrogen-bond acceptors (Lipinski definition) is 6. The molecule has 0 aliphatic carbocycles. The number of sulfonamides is 1. The number of benzene rings is 3. The van der Waals surface area contributed by atoms with Gasteiger partial charge < -0.3 is 0 Å². The van der Waals surface area contributed by atoms with Crippen LogP contribution in [-0.4, -0.2) is 31.5 Å². The van der Waals surface area contributed by atoms with Gasteiger partial charge in [0.2, 0.25) is 0 Å². The maximum Gasteiger partial charge on any atom is 0.269 e. The molecular formula is C22H19BrN4O5S. The standard InChI is InChI=1S/C22H19BrN4O5S/c1-16(17-10-12-19(13-11-17)27(29)30)24-25-22(28)15-26(20-7-5-6-18(23)14-20)33(31,32)21-8-3-2-4-9-21/h2-14H,15H2,1H3,(H,25,28)/b24-16-. The molecule has 1 amide bonds. The number of rotatable bonds is 8. The van der Waals surface area contributed by atoms with Crippen molar-refractivity contribution in [3.8, 4) is 0 Å². The average molecular weight is 531 g/mol. The second kappa shape index (κ2) is 10.4. The van der Waals surface area contributed by atoms with Crippen LogP contribution in [0.15, 0.2) is 93.3 Å². The van der Waals surface area contributed by atoms with Gasteiger partial charge in [0.05, 0.1) is 21.2 Å². The second-order valence-corrected chi connectivity index (χ2v) is 9.62. The monoisotopic (exact) mass is 530 g/mol. The van der Waals surface area contributed by atoms with Crippen molar-refractivity contribution in [2.75, 3.05) is 10.8 Å². The highest BCUT2D eigenvalue weighted by Crippen LogP contribution is 2.26. The molecule has 0 saturated heterocycles. The zero-order valence-corrected chi connectivity index (χ0v) is 19.8. The molecule has 170 valence electrons. The lowest BCUT2D eigenvalue weighted by molar-refractivity contribution is -0.384. The van der Waals surface area contributed by atoms with E-state index in [0.717, 1.165) is 4.31 Å². The summed E-state index contributed by atoms with van der Waals surface area (Å²) in [6.45, 7) is 1.11. The van der Waals surface area contributed by atoms with Crippen molar-refractivity contribution in [1.29, 1.82) is 0 Å². The minimum Gasteiger partial charge on any atom is -0.271 e. The van der Waals surface area contributed by atoms with Gasteiger partial charge in [-0.15, -0.1) is 0 Å². The molecule has 0 heterocycles. The summed E-state index contributed by atoms with van der Waals surface area (Å²) < 4.78 is 28.2. The first kappa shape index (κ1) is 24.1. The molecule has 0 aliphatic rings. The Morgan fingerprint density at radius 1 is 1.06 bits per heavy atom. The van der Waals surface area contributed by atoms with Crippen molar-refractivity contribution in [1.82, 2.24) is 5.43 Å². The number of amides is 1. The summed E-state index contributed by atoms with van der Waals surface area (Å²) in [4.78, 5) is 23.0. The van der Waals surface area contributed by atoms with Crippen LogP contribution >= 0.6 is 15.9 Å². The summed E-state index contributed by atoms with van der Waals surface area (Å²) in [5.41, 5.74) is 3.57. The van der Waals surface area contributed by atoms with Crippen molar-refractivity contribution in [2.45, 2.75) is 11.8 Å². The summed E-state index contributed by atoms with van der Waals surface area (Å²) in [5, 5.41) is 14.8. The van der Waals surface area contributed by atoms with E-state index in [1.54, 1.807) is 49.4 Å². The highest BCUT2D eigenvalue weighted by molar-refractivity contribution is 9.10. The number of hydrogen-bond donors (Lipinski definition) is 1. The first-order valence-electron chi connectivity index (χ1n) is 9.60. The van der Waals surface area contributed by atoms with Crippen molar-refractivity contribution >= 4 is 48.9 Å². The molecule has 3 rings (SSSR count). The Kier molecular flexibility index (Phi) is 7.56. The fraction of sp³-hybridized carbons (Fsp3) is 0.0909. The quantitative estimate of drug-likeness (QED) is 0.267. The Morgan fingerprint density at radius 3 is 2.33 bits per heavy atom. The van der Waals surface area contributed by atoms with Crippen LogP contribution in [-0.2, 0) is 14.8 Å². The van der Waals surface area contributed by atoms with Crippen molar-refractivity contribution in [2.24, 2.45) is 5.10 Å². The number of anilines is 1. The van der Waals surface area contributed by atoms with Gasteiger partial charge in [0.15, 0.2) is 0 Å². The van der Waals surface area contributed by atoms with E-state index < -0.39 is 27.4 Å². The molecule has 0 atom stereocenters. The number of nitrogens with zero attached hydrogens (tertiary/aromatic N) is 3. The van der Waals surface area contributed by atoms with Crippen LogP contribution in [0, 0.1) is 10.1 Å². The van der Waals surface area contributed by atoms with E-state index in [4.69, 9.17) is 0 Å². The number of halogens is 1. The lowest BCUT2D eigenvalue weighted by Gasteiger charge is -2.24. The predicted molar refractivity (Wildman–Crippen MR) is 129 cm³/mol. The lowest BCUT2D eigenvalue weighted by Crippen LogP contribution is -2.39. The highest BCUT2D eigenvalue weighted by Gasteiger charge is 2.27. The first-order valence-corrected chi connectivity index (χ1v) is 11.8. The average Bonchev–Trinajstić information content (AvgIpc) is 2.81. The van der Waals surface area contributed by atoms with E-state index in [-0.39, 0.29) is 10.6 Å². The fourth-order valence-corrected chi connectivity index (χ4v) is 4.69. The number of carbonyl (C=O) groups excluding carboxylic acids is 1. The Morgan fingerprint density at radius 2 is 1.73 bits per heavy atom. The van der Waals surface area contributed by atoms with Crippen LogP contribution in [0.25, 0.3) is 0 Å². The number of carbonyl (C=O) groups is 1. The summed E-state index contributed by atoms with van der Waals surface area (Å²) in [6, 6.07) is 20.1. The Labute approximate surface area is 199 Å². The number of nitro groups is 1. The van der Waals surface area contributed by atoms with Crippen molar-refractivity contribution in [3.63, 3.8) is 0 Å². The molecule has 0 aliphatic heterocycles. The van der Waals surface area contributed by atoms with Gasteiger partial charge in [-0.2, -0.15) is 5.10 Å². The molecule has 0 spiro atoms. The lowest BCUT2D eigenvalue weighted by atomic mass is 10.1. The van der Waals surface area contributed by atoms with Crippen LogP contribution in [0.4, 0.5) is 11.4 Å². The number of nitro benzene ring substituents is 1. The van der Waals surface area contributed by atoms with Gasteiger partial charge in [0.1, 0.15) is 6.54 Å². The minimum absolute atomic E-state index is 0.0448. The SMILES string of the molecule is C/C(=N/NC(=O)CN(c1cccc(Br)c1)S(=O)(=O)c1ccccc1)c1ccc([N+](=O)[O-])cc1. The van der Waals surface area contributed by atoms with Crippen LogP contribution in [0.2, 0.25) is 0 Å². The van der Waals surface area contributed by atoms with Gasteiger partial charge in [-0.25, -0.2) is 13.8 Å². The minimum atomic E-state index is -4.03. The van der Waals surface area contributed by atoms with E-state index >= 15 is 0 Å². The molecule has 3 aromatic rings. The molecule has 9 nitrogen and oxygen atoms in total. The number of nitrogens with one attached hydrogen (secondary N) is 1. The predicted octanol–water partition coefficient (Wildman–Crippen LogP) is 4.09. The van der Waals surface area contributed by atoms with Gasteiger partial charge in [0, 0.05) is 16.6 Å². The zero-order valence-electron chi connectivity index (χ0n) is 17.4. The Balaban J connectivity index is 1.83. The zero-order chi connectivity index (χ0) is 24.0. The molecule has 0 unspecified atom stereocenters. The van der Waals surface area contributed by atoms with E-state index in [9.17, 15) is 23.3 Å². The highest BCUT2D eigenvalue weighted by atomic mass is 79.9. The second-order valence-electron chi connectivity index (χ2n) is 6.84. The molecule has 1 N–H and O–H groups in total. The van der Waals surface area contributed by atoms with E-state index in [0.29, 0.717) is 21.4 Å². The molecule has 0 fully saturated rings. The smallest absolute Gasteiger partial charge is 0.269 e. The molecule has 0 bridgehead atoms. The van der Waals surface area contributed by atoms with Crippen molar-refractivity contribution < 1.29 is 18.1 Å². The summed E-state index contributed by atoms with van der Waals surface area (Å²) in [7, 11) is -4.03. The van der Waals surface area contributed by atoms with Crippen LogP contribution in [0.1, 0.15) is 12.5 Å². The molecule has 11 heteroatoms. The topological polar surface area (TPSA) is 122 Å². The van der Waals surface area contributed by atoms with Gasteiger partial charge in [-0.1, -0.05) is 40.2 Å². The van der Waals surface area contributed by atoms with Crippen LogP contribution in [0.5, 0.6) is 0 Å². The van der Waals surface area contributed by atoms with Gasteiger partial charge >= 0.3 is 0 Å². The third kappa shape index (κ3) is 6.02. The molecule has 33 heavy (non-hydrogen) atoms. The number of hydrazone groups is 1. The van der Waals surface area contributed by atoms with E-state index in [1.165, 1.54) is 36.4 Å². The Bertz CT molecular complexity index is 1300. The first-order chi connectivity index (χ1) is 15.7. The fourth-order valence-electron chi connectivity index (χ4n) is 2.87. The summed E-state index contributed by atoms with van der Waals surface area (Å²) in [6.07, 6.45) is 0. The molecule has 0 radical (unpaired) electrons. The summed E-state index contributed by atoms with van der Waals surface area (Å²) >= 11 is 3.32. The molecular weight excluding hydrogens is 512 g/mol. The largest absolute Gasteiger partial charge is 0.271 e. The molecule has 0 aromatic heterocycles. The normalized spacial score (nSPS) is 11.6. The van der Waals surface area contributed by atoms with Gasteiger partial charge in [-0.05, 0) is 55.0 Å².